The van der Waals surface area contributed by atoms with Crippen molar-refractivity contribution in [2.45, 2.75) is 46.1 Å². The fourth-order valence-corrected chi connectivity index (χ4v) is 3.49. The van der Waals surface area contributed by atoms with Crippen LogP contribution in [0.15, 0.2) is 53.6 Å². The van der Waals surface area contributed by atoms with Crippen molar-refractivity contribution in [3.63, 3.8) is 0 Å². The summed E-state index contributed by atoms with van der Waals surface area (Å²) in [5, 5.41) is 4.32. The molecule has 1 aliphatic heterocycles. The first kappa shape index (κ1) is 21.1. The van der Waals surface area contributed by atoms with Crippen LogP contribution in [0.2, 0.25) is 0 Å². The molecule has 0 spiro atoms. The van der Waals surface area contributed by atoms with E-state index in [1.807, 2.05) is 18.2 Å². The Kier molecular flexibility index (Phi) is 7.42. The second kappa shape index (κ2) is 10.2. The number of carbonyl (C=O) groups excluding carboxylic acids is 1. The Hall–Kier alpha value is -2.66. The molecule has 0 unspecified atom stereocenters. The number of piperidine rings is 1. The minimum atomic E-state index is -0.223. The number of amides is 1. The molecule has 1 N–H and O–H groups in total. The summed E-state index contributed by atoms with van der Waals surface area (Å²) in [7, 11) is 0. The van der Waals surface area contributed by atoms with E-state index in [1.54, 1.807) is 0 Å². The lowest BCUT2D eigenvalue weighted by Gasteiger charge is -2.27. The van der Waals surface area contributed by atoms with Gasteiger partial charge < -0.3 is 4.74 Å². The summed E-state index contributed by atoms with van der Waals surface area (Å²) in [5.41, 5.74) is 7.33. The number of benzene rings is 2. The minimum Gasteiger partial charge on any atom is -0.483 e. The van der Waals surface area contributed by atoms with Crippen molar-refractivity contribution in [2.24, 2.45) is 5.10 Å². The van der Waals surface area contributed by atoms with Gasteiger partial charge in [-0.2, -0.15) is 5.10 Å². The van der Waals surface area contributed by atoms with Gasteiger partial charge in [0.15, 0.2) is 6.61 Å². The number of hydrazone groups is 1. The zero-order valence-electron chi connectivity index (χ0n) is 17.6. The van der Waals surface area contributed by atoms with Gasteiger partial charge in [0.2, 0.25) is 0 Å². The number of nitrogens with one attached hydrogen (secondary N) is 1. The quantitative estimate of drug-likeness (QED) is 0.715. The van der Waals surface area contributed by atoms with Gasteiger partial charge >= 0.3 is 0 Å². The second-order valence-electron chi connectivity index (χ2n) is 7.96. The summed E-state index contributed by atoms with van der Waals surface area (Å²) in [4.78, 5) is 14.6. The van der Waals surface area contributed by atoms with Crippen LogP contribution in [0, 0.1) is 6.92 Å². The van der Waals surface area contributed by atoms with Crippen molar-refractivity contribution in [1.82, 2.24) is 10.3 Å². The molecule has 154 valence electrons. The summed E-state index contributed by atoms with van der Waals surface area (Å²) in [5.74, 6) is 0.886. The Morgan fingerprint density at radius 2 is 1.86 bits per heavy atom. The van der Waals surface area contributed by atoms with Crippen molar-refractivity contribution in [3.05, 3.63) is 65.2 Å². The SMILES string of the molecule is Cc1ccc(OCC(=O)NN=C2CCN(Cc3ccccc3)CC2)c(C(C)C)c1. The van der Waals surface area contributed by atoms with E-state index in [0.29, 0.717) is 5.92 Å². The van der Waals surface area contributed by atoms with Crippen LogP contribution in [0.3, 0.4) is 0 Å². The highest BCUT2D eigenvalue weighted by atomic mass is 16.5. The lowest BCUT2D eigenvalue weighted by molar-refractivity contribution is -0.123. The van der Waals surface area contributed by atoms with E-state index >= 15 is 0 Å². The summed E-state index contributed by atoms with van der Waals surface area (Å²) < 4.78 is 5.75. The van der Waals surface area contributed by atoms with Crippen LogP contribution >= 0.6 is 0 Å². The van der Waals surface area contributed by atoms with E-state index < -0.39 is 0 Å². The number of likely N-dealkylation sites (tertiary alicyclic amines) is 1. The van der Waals surface area contributed by atoms with E-state index in [1.165, 1.54) is 11.1 Å². The molecule has 0 saturated carbocycles. The molecule has 0 bridgehead atoms. The van der Waals surface area contributed by atoms with E-state index in [0.717, 1.165) is 49.5 Å². The van der Waals surface area contributed by atoms with Gasteiger partial charge in [-0.3, -0.25) is 9.69 Å². The van der Waals surface area contributed by atoms with Crippen molar-refractivity contribution in [3.8, 4) is 5.75 Å². The third kappa shape index (κ3) is 6.43. The molecule has 0 atom stereocenters. The van der Waals surface area contributed by atoms with Crippen LogP contribution in [0.4, 0.5) is 0 Å². The van der Waals surface area contributed by atoms with Gasteiger partial charge in [0.05, 0.1) is 0 Å². The highest BCUT2D eigenvalue weighted by Crippen LogP contribution is 2.27. The molecule has 2 aromatic carbocycles. The number of ether oxygens (including phenoxy) is 1. The molecule has 3 rings (SSSR count). The Morgan fingerprint density at radius 3 is 2.55 bits per heavy atom. The van der Waals surface area contributed by atoms with Gasteiger partial charge in [0, 0.05) is 38.2 Å². The van der Waals surface area contributed by atoms with Crippen molar-refractivity contribution >= 4 is 11.6 Å². The first-order valence-corrected chi connectivity index (χ1v) is 10.3. The third-order valence-electron chi connectivity index (χ3n) is 5.17. The van der Waals surface area contributed by atoms with Gasteiger partial charge in [-0.05, 0) is 30.0 Å². The van der Waals surface area contributed by atoms with Crippen LogP contribution in [0.25, 0.3) is 0 Å². The Bertz CT molecular complexity index is 836. The minimum absolute atomic E-state index is 0.0281. The van der Waals surface area contributed by atoms with E-state index in [4.69, 9.17) is 4.74 Å². The van der Waals surface area contributed by atoms with E-state index in [2.05, 4.69) is 66.5 Å². The van der Waals surface area contributed by atoms with Crippen molar-refractivity contribution < 1.29 is 9.53 Å². The fourth-order valence-electron chi connectivity index (χ4n) is 3.49. The predicted octanol–water partition coefficient (Wildman–Crippen LogP) is 4.27. The molecule has 0 aromatic heterocycles. The standard InChI is InChI=1S/C24H31N3O2/c1-18(2)22-15-19(3)9-10-23(22)29-17-24(28)26-25-21-11-13-27(14-12-21)16-20-7-5-4-6-8-20/h4-10,15,18H,11-14,16-17H2,1-3H3,(H,26,28). The van der Waals surface area contributed by atoms with Crippen LogP contribution < -0.4 is 10.2 Å². The maximum Gasteiger partial charge on any atom is 0.277 e. The molecule has 1 fully saturated rings. The lowest BCUT2D eigenvalue weighted by atomic mass is 10.00. The summed E-state index contributed by atoms with van der Waals surface area (Å²) in [6.07, 6.45) is 1.76. The predicted molar refractivity (Wildman–Crippen MR) is 117 cm³/mol. The molecule has 1 amide bonds. The first-order valence-electron chi connectivity index (χ1n) is 10.3. The summed E-state index contributed by atoms with van der Waals surface area (Å²) in [6, 6.07) is 16.6. The molecule has 1 heterocycles. The second-order valence-corrected chi connectivity index (χ2v) is 7.96. The zero-order valence-corrected chi connectivity index (χ0v) is 17.6. The molecule has 2 aromatic rings. The molecule has 29 heavy (non-hydrogen) atoms. The summed E-state index contributed by atoms with van der Waals surface area (Å²) >= 11 is 0. The van der Waals surface area contributed by atoms with E-state index in [-0.39, 0.29) is 12.5 Å². The molecule has 0 aliphatic carbocycles. The Morgan fingerprint density at radius 1 is 1.14 bits per heavy atom. The molecule has 0 radical (unpaired) electrons. The topological polar surface area (TPSA) is 53.9 Å². The smallest absolute Gasteiger partial charge is 0.277 e. The monoisotopic (exact) mass is 393 g/mol. The van der Waals surface area contributed by atoms with Gasteiger partial charge in [-0.15, -0.1) is 0 Å². The van der Waals surface area contributed by atoms with Crippen LogP contribution in [-0.4, -0.2) is 36.2 Å². The van der Waals surface area contributed by atoms with Gasteiger partial charge in [0.1, 0.15) is 5.75 Å². The molecular weight excluding hydrogens is 362 g/mol. The van der Waals surface area contributed by atoms with E-state index in [9.17, 15) is 4.79 Å². The molecule has 5 heteroatoms. The van der Waals surface area contributed by atoms with Crippen molar-refractivity contribution in [1.29, 1.82) is 0 Å². The number of hydrogen-bond acceptors (Lipinski definition) is 4. The normalized spacial score (nSPS) is 14.7. The van der Waals surface area contributed by atoms with Gasteiger partial charge in [0.25, 0.3) is 5.91 Å². The Labute approximate surface area is 173 Å². The van der Waals surface area contributed by atoms with Crippen LogP contribution in [-0.2, 0) is 11.3 Å². The number of hydrogen-bond donors (Lipinski definition) is 1. The average molecular weight is 394 g/mol. The van der Waals surface area contributed by atoms with Crippen molar-refractivity contribution in [2.75, 3.05) is 19.7 Å². The highest BCUT2D eigenvalue weighted by Gasteiger charge is 2.16. The maximum atomic E-state index is 12.2. The maximum absolute atomic E-state index is 12.2. The Balaban J connectivity index is 1.43. The lowest BCUT2D eigenvalue weighted by Crippen LogP contribution is -2.35. The largest absolute Gasteiger partial charge is 0.483 e. The molecular formula is C24H31N3O2. The zero-order chi connectivity index (χ0) is 20.6. The highest BCUT2D eigenvalue weighted by molar-refractivity contribution is 5.87. The molecule has 1 aliphatic rings. The van der Waals surface area contributed by atoms with Gasteiger partial charge in [-0.25, -0.2) is 5.43 Å². The molecule has 1 saturated heterocycles. The number of carbonyl (C=O) groups is 1. The van der Waals surface area contributed by atoms with Gasteiger partial charge in [-0.1, -0.05) is 61.9 Å². The summed E-state index contributed by atoms with van der Waals surface area (Å²) in [6.45, 7) is 9.16. The number of rotatable bonds is 7. The first-order chi connectivity index (χ1) is 14.0. The third-order valence-corrected chi connectivity index (χ3v) is 5.17. The fraction of sp³-hybridized carbons (Fsp3) is 0.417. The van der Waals surface area contributed by atoms with Crippen LogP contribution in [0.1, 0.15) is 49.3 Å². The molecule has 5 nitrogen and oxygen atoms in total. The number of aryl methyl sites for hydroxylation is 1. The average Bonchev–Trinajstić information content (AvgIpc) is 2.73. The van der Waals surface area contributed by atoms with Crippen LogP contribution in [0.5, 0.6) is 5.75 Å². The number of nitrogens with zero attached hydrogens (tertiary/aromatic N) is 2.